The zero-order valence-corrected chi connectivity index (χ0v) is 23.9. The summed E-state index contributed by atoms with van der Waals surface area (Å²) < 4.78 is 27.6. The van der Waals surface area contributed by atoms with Gasteiger partial charge >= 0.3 is 0 Å². The van der Waals surface area contributed by atoms with Gasteiger partial charge in [0.2, 0.25) is 10.0 Å². The highest BCUT2D eigenvalue weighted by Gasteiger charge is 2.29. The molecule has 4 rings (SSSR count). The fourth-order valence-corrected chi connectivity index (χ4v) is 5.33. The molecule has 0 fully saturated rings. The van der Waals surface area contributed by atoms with E-state index in [0.29, 0.717) is 28.2 Å². The van der Waals surface area contributed by atoms with Gasteiger partial charge in [0.15, 0.2) is 0 Å². The molecule has 3 aromatic rings. The van der Waals surface area contributed by atoms with Crippen LogP contribution in [0.1, 0.15) is 57.2 Å². The van der Waals surface area contributed by atoms with Gasteiger partial charge in [-0.2, -0.15) is 0 Å². The van der Waals surface area contributed by atoms with Gasteiger partial charge in [-0.15, -0.1) is 0 Å². The smallest absolute Gasteiger partial charge is 0.258 e. The molecule has 1 aliphatic rings. The van der Waals surface area contributed by atoms with Crippen molar-refractivity contribution in [1.29, 1.82) is 0 Å². The van der Waals surface area contributed by atoms with Crippen LogP contribution in [-0.2, 0) is 21.4 Å². The number of sulfonamides is 1. The summed E-state index contributed by atoms with van der Waals surface area (Å²) in [6, 6.07) is 23.1. The summed E-state index contributed by atoms with van der Waals surface area (Å²) in [6.07, 6.45) is 2.25. The lowest BCUT2D eigenvalue weighted by Crippen LogP contribution is -2.24. The number of hydrogen-bond acceptors (Lipinski definition) is 5. The zero-order valence-electron chi connectivity index (χ0n) is 23.1. The van der Waals surface area contributed by atoms with Gasteiger partial charge in [0.05, 0.1) is 16.5 Å². The van der Waals surface area contributed by atoms with Gasteiger partial charge in [-0.25, -0.2) is 8.42 Å². The Balaban J connectivity index is 1.71. The molecule has 1 heterocycles. The molecule has 3 aromatic carbocycles. The summed E-state index contributed by atoms with van der Waals surface area (Å²) >= 11 is 0. The molecule has 0 bridgehead atoms. The minimum Gasteiger partial charge on any atom is -0.354 e. The second-order valence-corrected chi connectivity index (χ2v) is 12.4. The van der Waals surface area contributed by atoms with Gasteiger partial charge < -0.3 is 10.6 Å². The lowest BCUT2D eigenvalue weighted by Gasteiger charge is -2.21. The minimum atomic E-state index is -3.53. The molecule has 0 saturated heterocycles. The van der Waals surface area contributed by atoms with Crippen molar-refractivity contribution in [2.75, 3.05) is 28.4 Å². The topological polar surface area (TPSA) is 90.5 Å². The Labute approximate surface area is 232 Å². The molecule has 0 atom stereocenters. The van der Waals surface area contributed by atoms with E-state index in [0.717, 1.165) is 43.7 Å². The number of fused-ring (bicyclic) bond motifs is 1. The monoisotopic (exact) mass is 546 g/mol. The Kier molecular flexibility index (Phi) is 9.09. The highest BCUT2D eigenvalue weighted by atomic mass is 32.2. The predicted molar refractivity (Wildman–Crippen MR) is 162 cm³/mol. The number of amides is 1. The summed E-state index contributed by atoms with van der Waals surface area (Å²) in [6.45, 7) is 10.7. The van der Waals surface area contributed by atoms with Gasteiger partial charge in [0.25, 0.3) is 5.91 Å². The third-order valence-corrected chi connectivity index (χ3v) is 8.43. The van der Waals surface area contributed by atoms with Crippen LogP contribution in [-0.4, -0.2) is 37.6 Å². The Morgan fingerprint density at radius 1 is 0.897 bits per heavy atom. The third kappa shape index (κ3) is 6.88. The van der Waals surface area contributed by atoms with Crippen molar-refractivity contribution in [2.45, 2.75) is 52.3 Å². The lowest BCUT2D eigenvalue weighted by molar-refractivity contribution is -0.110. The number of rotatable bonds is 12. The van der Waals surface area contributed by atoms with E-state index in [-0.39, 0.29) is 5.91 Å². The number of carbonyl (C=O) groups excluding carboxylic acids is 1. The van der Waals surface area contributed by atoms with E-state index in [9.17, 15) is 13.2 Å². The average Bonchev–Trinajstić information content (AvgIpc) is 3.23. The van der Waals surface area contributed by atoms with E-state index in [1.54, 1.807) is 32.0 Å². The Morgan fingerprint density at radius 2 is 1.54 bits per heavy atom. The molecule has 0 saturated carbocycles. The van der Waals surface area contributed by atoms with Crippen LogP contribution in [0, 0.1) is 0 Å². The van der Waals surface area contributed by atoms with Gasteiger partial charge in [-0.05, 0) is 81.2 Å². The van der Waals surface area contributed by atoms with Crippen molar-refractivity contribution in [3.63, 3.8) is 0 Å². The van der Waals surface area contributed by atoms with Crippen LogP contribution in [0.2, 0.25) is 0 Å². The molecule has 7 nitrogen and oxygen atoms in total. The molecule has 0 aromatic heterocycles. The minimum absolute atomic E-state index is 0.244. The molecule has 39 heavy (non-hydrogen) atoms. The van der Waals surface area contributed by atoms with Crippen LogP contribution < -0.4 is 15.4 Å². The number of benzene rings is 3. The average molecular weight is 547 g/mol. The third-order valence-electron chi connectivity index (χ3n) is 6.67. The second-order valence-electron chi connectivity index (χ2n) is 10.1. The molecule has 0 radical (unpaired) electrons. The highest BCUT2D eigenvalue weighted by molar-refractivity contribution is 7.93. The molecule has 3 N–H and O–H groups in total. The van der Waals surface area contributed by atoms with E-state index >= 15 is 0 Å². The lowest BCUT2D eigenvalue weighted by atomic mass is 9.99. The molecule has 8 heteroatoms. The molecule has 1 aliphatic heterocycles. The second kappa shape index (κ2) is 12.5. The first-order valence-electron chi connectivity index (χ1n) is 13.6. The van der Waals surface area contributed by atoms with E-state index in [2.05, 4.69) is 46.2 Å². The first-order valence-corrected chi connectivity index (χ1v) is 15.1. The van der Waals surface area contributed by atoms with Crippen LogP contribution in [0.15, 0.2) is 72.8 Å². The summed E-state index contributed by atoms with van der Waals surface area (Å²) in [5.41, 5.74) is 5.76. The van der Waals surface area contributed by atoms with Crippen LogP contribution >= 0.6 is 0 Å². The molecule has 206 valence electrons. The first kappa shape index (κ1) is 28.4. The summed E-state index contributed by atoms with van der Waals surface area (Å²) in [5.74, 6) is -0.244. The zero-order chi connectivity index (χ0) is 28.0. The number of nitrogens with one attached hydrogen (secondary N) is 3. The van der Waals surface area contributed by atoms with Crippen molar-refractivity contribution in [1.82, 2.24) is 4.90 Å². The predicted octanol–water partition coefficient (Wildman–Crippen LogP) is 6.39. The maximum Gasteiger partial charge on any atom is 0.258 e. The molecule has 0 spiro atoms. The van der Waals surface area contributed by atoms with Crippen LogP contribution in [0.5, 0.6) is 0 Å². The van der Waals surface area contributed by atoms with Crippen molar-refractivity contribution < 1.29 is 13.2 Å². The van der Waals surface area contributed by atoms with Crippen molar-refractivity contribution in [3.05, 3.63) is 89.5 Å². The van der Waals surface area contributed by atoms with E-state index < -0.39 is 15.3 Å². The first-order chi connectivity index (χ1) is 18.7. The largest absolute Gasteiger partial charge is 0.354 e. The number of nitrogens with zero attached hydrogens (tertiary/aromatic N) is 1. The van der Waals surface area contributed by atoms with E-state index in [1.165, 1.54) is 5.56 Å². The van der Waals surface area contributed by atoms with Gasteiger partial charge in [0.1, 0.15) is 0 Å². The Morgan fingerprint density at radius 3 is 2.15 bits per heavy atom. The normalized spacial score (nSPS) is 14.4. The van der Waals surface area contributed by atoms with Crippen LogP contribution in [0.4, 0.5) is 17.1 Å². The van der Waals surface area contributed by atoms with Gasteiger partial charge in [0, 0.05) is 29.2 Å². The molecular weight excluding hydrogens is 508 g/mol. The Bertz CT molecular complexity index is 1430. The van der Waals surface area contributed by atoms with Crippen molar-refractivity contribution >= 4 is 44.3 Å². The Hall–Kier alpha value is -3.62. The fraction of sp³-hybridized carbons (Fsp3) is 0.323. The van der Waals surface area contributed by atoms with Gasteiger partial charge in [-0.1, -0.05) is 56.3 Å². The maximum absolute atomic E-state index is 13.3. The van der Waals surface area contributed by atoms with Crippen molar-refractivity contribution in [3.8, 4) is 0 Å². The standard InChI is InChI=1S/C31H38N4O3S/c1-5-18-35(19-6-2)21-23-12-14-25(15-13-23)32-30(24-10-8-7-9-11-24)29-27-20-26(34-39(37,38)22(3)4)16-17-28(27)33-31(29)36/h7-17,20,22,32,34H,5-6,18-19,21H2,1-4H3,(H,33,36)/b30-29-. The van der Waals surface area contributed by atoms with Crippen LogP contribution in [0.3, 0.4) is 0 Å². The highest BCUT2D eigenvalue weighted by Crippen LogP contribution is 2.39. The van der Waals surface area contributed by atoms with E-state index in [1.807, 2.05) is 42.5 Å². The summed E-state index contributed by atoms with van der Waals surface area (Å²) in [7, 11) is -3.53. The van der Waals surface area contributed by atoms with Crippen LogP contribution in [0.25, 0.3) is 11.3 Å². The summed E-state index contributed by atoms with van der Waals surface area (Å²) in [4.78, 5) is 15.7. The maximum atomic E-state index is 13.3. The number of hydrogen-bond donors (Lipinski definition) is 3. The quantitative estimate of drug-likeness (QED) is 0.229. The van der Waals surface area contributed by atoms with Crippen molar-refractivity contribution in [2.24, 2.45) is 0 Å². The van der Waals surface area contributed by atoms with E-state index in [4.69, 9.17) is 0 Å². The van der Waals surface area contributed by atoms with Gasteiger partial charge in [-0.3, -0.25) is 14.4 Å². The summed E-state index contributed by atoms with van der Waals surface area (Å²) in [5, 5.41) is 5.84. The molecule has 0 unspecified atom stereocenters. The molecule has 1 amide bonds. The molecular formula is C31H38N4O3S. The number of carbonyl (C=O) groups is 1. The fourth-order valence-electron chi connectivity index (χ4n) is 4.64. The number of anilines is 3. The molecule has 0 aliphatic carbocycles. The SMILES string of the molecule is CCCN(CCC)Cc1ccc(N/C(=C2\C(=O)Nc3ccc(NS(=O)(=O)C(C)C)cc32)c2ccccc2)cc1.